The Balaban J connectivity index is 1.89. The molecular weight excluding hydrogens is 268 g/mol. The number of nitrogens with one attached hydrogen (secondary N) is 2. The standard InChI is InChI=1S/C15H24N4O2/c1-3-10-16-11-4-6-12(7-5-11)19(2)15(21)13-8-9-14(20)18-17-13/h8-9,11-12,16H,3-7,10H2,1-2H3,(H,18,20). The zero-order valence-electron chi connectivity index (χ0n) is 12.8. The fourth-order valence-electron chi connectivity index (χ4n) is 2.83. The molecule has 6 nitrogen and oxygen atoms in total. The second-order valence-electron chi connectivity index (χ2n) is 5.68. The second kappa shape index (κ2) is 7.36. The number of H-pyrrole nitrogens is 1. The Morgan fingerprint density at radius 3 is 2.67 bits per heavy atom. The van der Waals surface area contributed by atoms with E-state index in [-0.39, 0.29) is 17.5 Å². The van der Waals surface area contributed by atoms with Gasteiger partial charge in [-0.2, -0.15) is 5.10 Å². The molecule has 116 valence electrons. The van der Waals surface area contributed by atoms with E-state index in [9.17, 15) is 9.59 Å². The van der Waals surface area contributed by atoms with Crippen molar-refractivity contribution in [3.63, 3.8) is 0 Å². The molecule has 0 saturated heterocycles. The molecule has 2 rings (SSSR count). The van der Waals surface area contributed by atoms with Crippen molar-refractivity contribution < 1.29 is 4.79 Å². The molecular formula is C15H24N4O2. The number of aromatic nitrogens is 2. The molecule has 0 bridgehead atoms. The number of hydrogen-bond donors (Lipinski definition) is 2. The third-order valence-electron chi connectivity index (χ3n) is 4.15. The van der Waals surface area contributed by atoms with Gasteiger partial charge in [0, 0.05) is 25.2 Å². The number of rotatable bonds is 5. The molecule has 1 aliphatic carbocycles. The van der Waals surface area contributed by atoms with E-state index in [1.54, 1.807) is 4.90 Å². The molecule has 1 fully saturated rings. The maximum Gasteiger partial charge on any atom is 0.274 e. The first-order chi connectivity index (χ1) is 10.1. The van der Waals surface area contributed by atoms with E-state index in [1.165, 1.54) is 12.1 Å². The molecule has 1 saturated carbocycles. The quantitative estimate of drug-likeness (QED) is 0.853. The van der Waals surface area contributed by atoms with E-state index in [0.717, 1.165) is 38.6 Å². The number of hydrogen-bond acceptors (Lipinski definition) is 4. The topological polar surface area (TPSA) is 78.1 Å². The van der Waals surface area contributed by atoms with Gasteiger partial charge in [-0.05, 0) is 44.7 Å². The summed E-state index contributed by atoms with van der Waals surface area (Å²) >= 11 is 0. The maximum atomic E-state index is 12.3. The Morgan fingerprint density at radius 2 is 2.10 bits per heavy atom. The van der Waals surface area contributed by atoms with Crippen molar-refractivity contribution in [3.05, 3.63) is 28.2 Å². The fourth-order valence-corrected chi connectivity index (χ4v) is 2.83. The van der Waals surface area contributed by atoms with Gasteiger partial charge in [0.05, 0.1) is 0 Å². The highest BCUT2D eigenvalue weighted by Crippen LogP contribution is 2.23. The summed E-state index contributed by atoms with van der Waals surface area (Å²) in [4.78, 5) is 25.1. The maximum absolute atomic E-state index is 12.3. The first kappa shape index (κ1) is 15.7. The van der Waals surface area contributed by atoms with Gasteiger partial charge >= 0.3 is 0 Å². The fraction of sp³-hybridized carbons (Fsp3) is 0.667. The number of nitrogens with zero attached hydrogens (tertiary/aromatic N) is 2. The van der Waals surface area contributed by atoms with Gasteiger partial charge in [-0.25, -0.2) is 5.10 Å². The van der Waals surface area contributed by atoms with Gasteiger partial charge in [0.15, 0.2) is 0 Å². The van der Waals surface area contributed by atoms with Crippen LogP contribution in [0, 0.1) is 0 Å². The lowest BCUT2D eigenvalue weighted by atomic mass is 9.90. The van der Waals surface area contributed by atoms with Crippen molar-refractivity contribution in [2.45, 2.75) is 51.1 Å². The lowest BCUT2D eigenvalue weighted by Crippen LogP contribution is -2.43. The highest BCUT2D eigenvalue weighted by molar-refractivity contribution is 5.92. The summed E-state index contributed by atoms with van der Waals surface area (Å²) in [5.74, 6) is -0.129. The largest absolute Gasteiger partial charge is 0.337 e. The van der Waals surface area contributed by atoms with Crippen LogP contribution in [0.1, 0.15) is 49.5 Å². The zero-order valence-corrected chi connectivity index (χ0v) is 12.8. The first-order valence-corrected chi connectivity index (χ1v) is 7.68. The SMILES string of the molecule is CCCNC1CCC(N(C)C(=O)c2ccc(=O)[nH]n2)CC1. The van der Waals surface area contributed by atoms with Crippen LogP contribution in [-0.2, 0) is 0 Å². The van der Waals surface area contributed by atoms with Crippen molar-refractivity contribution in [1.82, 2.24) is 20.4 Å². The van der Waals surface area contributed by atoms with Gasteiger partial charge in [-0.1, -0.05) is 6.92 Å². The van der Waals surface area contributed by atoms with E-state index in [1.807, 2.05) is 7.05 Å². The Bertz CT molecular complexity index is 500. The van der Waals surface area contributed by atoms with Crippen LogP contribution < -0.4 is 10.9 Å². The molecule has 0 aliphatic heterocycles. The second-order valence-corrected chi connectivity index (χ2v) is 5.68. The number of carbonyl (C=O) groups excluding carboxylic acids is 1. The van der Waals surface area contributed by atoms with Gasteiger partial charge in [-0.3, -0.25) is 9.59 Å². The van der Waals surface area contributed by atoms with E-state index >= 15 is 0 Å². The highest BCUT2D eigenvalue weighted by atomic mass is 16.2. The number of amides is 1. The van der Waals surface area contributed by atoms with Crippen LogP contribution in [0.3, 0.4) is 0 Å². The van der Waals surface area contributed by atoms with Gasteiger partial charge in [0.1, 0.15) is 5.69 Å². The number of carbonyl (C=O) groups is 1. The van der Waals surface area contributed by atoms with Crippen LogP contribution in [0.25, 0.3) is 0 Å². The molecule has 1 aliphatic rings. The summed E-state index contributed by atoms with van der Waals surface area (Å²) in [5.41, 5.74) is 0.0000382. The van der Waals surface area contributed by atoms with E-state index in [2.05, 4.69) is 22.4 Å². The Morgan fingerprint density at radius 1 is 1.38 bits per heavy atom. The summed E-state index contributed by atoms with van der Waals surface area (Å²) in [6.07, 6.45) is 5.36. The van der Waals surface area contributed by atoms with Gasteiger partial charge < -0.3 is 10.2 Å². The van der Waals surface area contributed by atoms with Gasteiger partial charge in [-0.15, -0.1) is 0 Å². The number of aromatic amines is 1. The average Bonchev–Trinajstić information content (AvgIpc) is 2.53. The Kier molecular flexibility index (Phi) is 5.50. The molecule has 1 aromatic rings. The lowest BCUT2D eigenvalue weighted by molar-refractivity contribution is 0.0677. The third-order valence-corrected chi connectivity index (χ3v) is 4.15. The smallest absolute Gasteiger partial charge is 0.274 e. The average molecular weight is 292 g/mol. The Labute approximate surface area is 124 Å². The van der Waals surface area contributed by atoms with Crippen molar-refractivity contribution in [2.24, 2.45) is 0 Å². The van der Waals surface area contributed by atoms with Crippen molar-refractivity contribution in [1.29, 1.82) is 0 Å². The molecule has 1 amide bonds. The highest BCUT2D eigenvalue weighted by Gasteiger charge is 2.27. The summed E-state index contributed by atoms with van der Waals surface area (Å²) in [5, 5.41) is 9.66. The monoisotopic (exact) mass is 292 g/mol. The Hall–Kier alpha value is -1.69. The molecule has 21 heavy (non-hydrogen) atoms. The minimum absolute atomic E-state index is 0.129. The molecule has 0 spiro atoms. The van der Waals surface area contributed by atoms with Crippen LogP contribution in [0.2, 0.25) is 0 Å². The van der Waals surface area contributed by atoms with Crippen LogP contribution in [0.5, 0.6) is 0 Å². The summed E-state index contributed by atoms with van der Waals surface area (Å²) in [6.45, 7) is 3.23. The minimum Gasteiger partial charge on any atom is -0.337 e. The summed E-state index contributed by atoms with van der Waals surface area (Å²) < 4.78 is 0. The van der Waals surface area contributed by atoms with Crippen LogP contribution in [-0.4, -0.2) is 46.7 Å². The van der Waals surface area contributed by atoms with E-state index in [4.69, 9.17) is 0 Å². The molecule has 0 radical (unpaired) electrons. The summed E-state index contributed by atoms with van der Waals surface area (Å²) in [7, 11) is 1.82. The molecule has 1 heterocycles. The van der Waals surface area contributed by atoms with E-state index < -0.39 is 0 Å². The molecule has 0 unspecified atom stereocenters. The van der Waals surface area contributed by atoms with Gasteiger partial charge in [0.25, 0.3) is 11.5 Å². The molecule has 0 atom stereocenters. The third kappa shape index (κ3) is 4.14. The first-order valence-electron chi connectivity index (χ1n) is 7.68. The normalized spacial score (nSPS) is 22.0. The van der Waals surface area contributed by atoms with Crippen LogP contribution in [0.4, 0.5) is 0 Å². The molecule has 6 heteroatoms. The predicted molar refractivity (Wildman–Crippen MR) is 81.3 cm³/mol. The minimum atomic E-state index is -0.295. The molecule has 1 aromatic heterocycles. The lowest BCUT2D eigenvalue weighted by Gasteiger charge is -2.34. The van der Waals surface area contributed by atoms with E-state index in [0.29, 0.717) is 11.7 Å². The summed E-state index contributed by atoms with van der Waals surface area (Å²) in [6, 6.07) is 3.65. The van der Waals surface area contributed by atoms with Crippen LogP contribution >= 0.6 is 0 Å². The predicted octanol–water partition coefficient (Wildman–Crippen LogP) is 1.15. The molecule has 0 aromatic carbocycles. The van der Waals surface area contributed by atoms with Crippen molar-refractivity contribution in [2.75, 3.05) is 13.6 Å². The van der Waals surface area contributed by atoms with Crippen molar-refractivity contribution in [3.8, 4) is 0 Å². The van der Waals surface area contributed by atoms with Crippen LogP contribution in [0.15, 0.2) is 16.9 Å². The molecule has 2 N–H and O–H groups in total. The zero-order chi connectivity index (χ0) is 15.2. The van der Waals surface area contributed by atoms with Crippen molar-refractivity contribution >= 4 is 5.91 Å². The van der Waals surface area contributed by atoms with Gasteiger partial charge in [0.2, 0.25) is 0 Å².